The van der Waals surface area contributed by atoms with Gasteiger partial charge in [-0.15, -0.1) is 0 Å². The number of pyridine rings is 1. The molecule has 2 heterocycles. The van der Waals surface area contributed by atoms with Gasteiger partial charge in [-0.2, -0.15) is 0 Å². The van der Waals surface area contributed by atoms with E-state index in [0.29, 0.717) is 6.04 Å². The number of methoxy groups -OCH3 is 1. The minimum atomic E-state index is 0.640. The molecule has 0 spiro atoms. The molecule has 0 radical (unpaired) electrons. The van der Waals surface area contributed by atoms with Crippen molar-refractivity contribution in [3.8, 4) is 0 Å². The van der Waals surface area contributed by atoms with E-state index < -0.39 is 0 Å². The number of aromatic nitrogens is 1. The Balaban J connectivity index is 1.93. The van der Waals surface area contributed by atoms with Crippen molar-refractivity contribution in [2.24, 2.45) is 0 Å². The third-order valence-electron chi connectivity index (χ3n) is 4.11. The first kappa shape index (κ1) is 16.2. The maximum atomic E-state index is 5.03. The standard InChI is InChI=1S/C16H28N4O/c1-13-9-14(10-17-6-8-21-4)11-18-16(13)20-7-5-15(12-20)19(2)3/h9,11,15,17H,5-8,10,12H2,1-4H3. The highest BCUT2D eigenvalue weighted by Crippen LogP contribution is 2.23. The molecule has 21 heavy (non-hydrogen) atoms. The molecule has 1 aromatic rings. The first-order valence-electron chi connectivity index (χ1n) is 7.68. The number of rotatable bonds is 7. The molecule has 1 aliphatic rings. The predicted octanol–water partition coefficient (Wildman–Crippen LogP) is 1.27. The summed E-state index contributed by atoms with van der Waals surface area (Å²) in [5, 5.41) is 3.36. The zero-order valence-electron chi connectivity index (χ0n) is 13.7. The van der Waals surface area contributed by atoms with E-state index >= 15 is 0 Å². The van der Waals surface area contributed by atoms with E-state index in [-0.39, 0.29) is 0 Å². The number of anilines is 1. The van der Waals surface area contributed by atoms with Crippen LogP contribution in [-0.2, 0) is 11.3 Å². The van der Waals surface area contributed by atoms with E-state index in [2.05, 4.69) is 47.2 Å². The van der Waals surface area contributed by atoms with Crippen LogP contribution in [-0.4, -0.2) is 63.4 Å². The molecule has 0 aromatic carbocycles. The Morgan fingerprint density at radius 1 is 1.48 bits per heavy atom. The number of aryl methyl sites for hydroxylation is 1. The quantitative estimate of drug-likeness (QED) is 0.766. The zero-order chi connectivity index (χ0) is 15.2. The highest BCUT2D eigenvalue weighted by atomic mass is 16.5. The summed E-state index contributed by atoms with van der Waals surface area (Å²) in [7, 11) is 6.03. The summed E-state index contributed by atoms with van der Waals surface area (Å²) in [6.07, 6.45) is 3.21. The maximum absolute atomic E-state index is 5.03. The van der Waals surface area contributed by atoms with Gasteiger partial charge in [-0.1, -0.05) is 0 Å². The van der Waals surface area contributed by atoms with E-state index in [9.17, 15) is 0 Å². The topological polar surface area (TPSA) is 40.6 Å². The highest BCUT2D eigenvalue weighted by Gasteiger charge is 2.25. The summed E-state index contributed by atoms with van der Waals surface area (Å²) in [5.41, 5.74) is 2.50. The second-order valence-electron chi connectivity index (χ2n) is 6.01. The molecule has 0 amide bonds. The fourth-order valence-corrected chi connectivity index (χ4v) is 2.82. The molecule has 0 aliphatic carbocycles. The second-order valence-corrected chi connectivity index (χ2v) is 6.01. The van der Waals surface area contributed by atoms with Gasteiger partial charge in [-0.3, -0.25) is 0 Å². The monoisotopic (exact) mass is 292 g/mol. The molecule has 118 valence electrons. The smallest absolute Gasteiger partial charge is 0.131 e. The van der Waals surface area contributed by atoms with Crippen molar-refractivity contribution >= 4 is 5.82 Å². The number of hydrogen-bond acceptors (Lipinski definition) is 5. The molecule has 5 nitrogen and oxygen atoms in total. The van der Waals surface area contributed by atoms with E-state index in [1.165, 1.54) is 17.5 Å². The molecule has 1 N–H and O–H groups in total. The Morgan fingerprint density at radius 2 is 2.29 bits per heavy atom. The van der Waals surface area contributed by atoms with Crippen molar-refractivity contribution in [2.75, 3.05) is 52.3 Å². The maximum Gasteiger partial charge on any atom is 0.131 e. The average molecular weight is 292 g/mol. The van der Waals surface area contributed by atoms with Gasteiger partial charge in [0.25, 0.3) is 0 Å². The van der Waals surface area contributed by atoms with Gasteiger partial charge in [0.2, 0.25) is 0 Å². The van der Waals surface area contributed by atoms with E-state index in [4.69, 9.17) is 4.74 Å². The predicted molar refractivity (Wildman–Crippen MR) is 86.9 cm³/mol. The SMILES string of the molecule is COCCNCc1cnc(N2CCC(N(C)C)C2)c(C)c1. The number of nitrogens with zero attached hydrogens (tertiary/aromatic N) is 3. The van der Waals surface area contributed by atoms with Crippen molar-refractivity contribution in [3.05, 3.63) is 23.4 Å². The van der Waals surface area contributed by atoms with Crippen LogP contribution in [0.15, 0.2) is 12.3 Å². The van der Waals surface area contributed by atoms with E-state index in [0.717, 1.165) is 38.6 Å². The van der Waals surface area contributed by atoms with Gasteiger partial charge >= 0.3 is 0 Å². The molecule has 5 heteroatoms. The highest BCUT2D eigenvalue weighted by molar-refractivity contribution is 5.48. The van der Waals surface area contributed by atoms with E-state index in [1.54, 1.807) is 7.11 Å². The number of ether oxygens (including phenoxy) is 1. The number of nitrogens with one attached hydrogen (secondary N) is 1. The molecule has 0 saturated carbocycles. The molecule has 1 unspecified atom stereocenters. The fourth-order valence-electron chi connectivity index (χ4n) is 2.82. The Morgan fingerprint density at radius 3 is 2.90 bits per heavy atom. The summed E-state index contributed by atoms with van der Waals surface area (Å²) in [4.78, 5) is 9.40. The van der Waals surface area contributed by atoms with Gasteiger partial charge in [-0.05, 0) is 44.6 Å². The summed E-state index contributed by atoms with van der Waals surface area (Å²) >= 11 is 0. The van der Waals surface area contributed by atoms with Gasteiger partial charge < -0.3 is 19.9 Å². The molecular weight excluding hydrogens is 264 g/mol. The molecule has 1 aliphatic heterocycles. The summed E-state index contributed by atoms with van der Waals surface area (Å²) in [5.74, 6) is 1.14. The summed E-state index contributed by atoms with van der Waals surface area (Å²) in [6.45, 7) is 6.79. The van der Waals surface area contributed by atoms with Crippen LogP contribution in [0, 0.1) is 6.92 Å². The second kappa shape index (κ2) is 7.73. The van der Waals surface area contributed by atoms with Crippen LogP contribution in [0.5, 0.6) is 0 Å². The first-order chi connectivity index (χ1) is 10.1. The lowest BCUT2D eigenvalue weighted by Crippen LogP contribution is -2.32. The molecular formula is C16H28N4O. The van der Waals surface area contributed by atoms with Crippen LogP contribution in [0.2, 0.25) is 0 Å². The molecule has 1 aromatic heterocycles. The first-order valence-corrected chi connectivity index (χ1v) is 7.68. The average Bonchev–Trinajstić information content (AvgIpc) is 2.93. The van der Waals surface area contributed by atoms with Crippen LogP contribution in [0.4, 0.5) is 5.82 Å². The lowest BCUT2D eigenvalue weighted by molar-refractivity contribution is 0.199. The minimum absolute atomic E-state index is 0.640. The van der Waals surface area contributed by atoms with Crippen molar-refractivity contribution < 1.29 is 4.74 Å². The molecule has 1 fully saturated rings. The van der Waals surface area contributed by atoms with Crippen molar-refractivity contribution in [3.63, 3.8) is 0 Å². The fraction of sp³-hybridized carbons (Fsp3) is 0.688. The molecule has 0 bridgehead atoms. The van der Waals surface area contributed by atoms with Crippen LogP contribution >= 0.6 is 0 Å². The van der Waals surface area contributed by atoms with Crippen LogP contribution in [0.1, 0.15) is 17.5 Å². The van der Waals surface area contributed by atoms with E-state index in [1.807, 2.05) is 6.20 Å². The van der Waals surface area contributed by atoms with Crippen molar-refractivity contribution in [2.45, 2.75) is 25.9 Å². The van der Waals surface area contributed by atoms with Crippen molar-refractivity contribution in [1.29, 1.82) is 0 Å². The Kier molecular flexibility index (Phi) is 5.96. The Labute approximate surface area is 128 Å². The third-order valence-corrected chi connectivity index (χ3v) is 4.11. The van der Waals surface area contributed by atoms with Crippen molar-refractivity contribution in [1.82, 2.24) is 15.2 Å². The molecule has 1 saturated heterocycles. The zero-order valence-corrected chi connectivity index (χ0v) is 13.7. The summed E-state index contributed by atoms with van der Waals surface area (Å²) < 4.78 is 5.03. The van der Waals surface area contributed by atoms with Crippen LogP contribution in [0.3, 0.4) is 0 Å². The van der Waals surface area contributed by atoms with Gasteiger partial charge in [0, 0.05) is 45.5 Å². The normalized spacial score (nSPS) is 18.7. The minimum Gasteiger partial charge on any atom is -0.383 e. The molecule has 1 atom stereocenters. The third kappa shape index (κ3) is 4.40. The number of hydrogen-bond donors (Lipinski definition) is 1. The van der Waals surface area contributed by atoms with Crippen LogP contribution in [0.25, 0.3) is 0 Å². The largest absolute Gasteiger partial charge is 0.383 e. The lowest BCUT2D eigenvalue weighted by Gasteiger charge is -2.22. The number of likely N-dealkylation sites (N-methyl/N-ethyl adjacent to an activating group) is 1. The summed E-state index contributed by atoms with van der Waals surface area (Å²) in [6, 6.07) is 2.88. The van der Waals surface area contributed by atoms with Gasteiger partial charge in [0.1, 0.15) is 5.82 Å². The Bertz CT molecular complexity index is 450. The Hall–Kier alpha value is -1.17. The van der Waals surface area contributed by atoms with Gasteiger partial charge in [0.05, 0.1) is 6.61 Å². The van der Waals surface area contributed by atoms with Crippen LogP contribution < -0.4 is 10.2 Å². The van der Waals surface area contributed by atoms with Gasteiger partial charge in [0.15, 0.2) is 0 Å². The van der Waals surface area contributed by atoms with Gasteiger partial charge in [-0.25, -0.2) is 4.98 Å². The lowest BCUT2D eigenvalue weighted by atomic mass is 10.2. The molecule has 2 rings (SSSR count).